The molecule has 2 rings (SSSR count). The molecule has 0 N–H and O–H groups in total. The van der Waals surface area contributed by atoms with Crippen molar-refractivity contribution in [3.8, 4) is 0 Å². The first kappa shape index (κ1) is 15.7. The van der Waals surface area contributed by atoms with E-state index in [1.807, 2.05) is 37.3 Å². The number of nitro groups is 1. The molecule has 5 heteroatoms. The lowest BCUT2D eigenvalue weighted by molar-refractivity contribution is -0.385. The third-order valence-corrected chi connectivity index (χ3v) is 3.51. The minimum absolute atomic E-state index is 0.141. The highest BCUT2D eigenvalue weighted by Gasteiger charge is 2.23. The van der Waals surface area contributed by atoms with Crippen LogP contribution in [-0.2, 0) is 6.42 Å². The largest absolute Gasteiger partial charge is 0.338 e. The number of nitro benzene ring substituents is 1. The van der Waals surface area contributed by atoms with Gasteiger partial charge in [0, 0.05) is 19.2 Å². The molecule has 0 bridgehead atoms. The van der Waals surface area contributed by atoms with Crippen LogP contribution in [0.1, 0.15) is 22.8 Å². The molecule has 0 radical (unpaired) electrons. The quantitative estimate of drug-likeness (QED) is 0.607. The van der Waals surface area contributed by atoms with E-state index in [0.29, 0.717) is 13.1 Å². The first-order chi connectivity index (χ1) is 10.6. The lowest BCUT2D eigenvalue weighted by atomic mass is 10.1. The zero-order valence-electron chi connectivity index (χ0n) is 12.4. The Labute approximate surface area is 129 Å². The van der Waals surface area contributed by atoms with E-state index >= 15 is 0 Å². The molecule has 2 aromatic rings. The highest BCUT2D eigenvalue weighted by atomic mass is 16.6. The molecular formula is C17H18N2O3. The zero-order chi connectivity index (χ0) is 15.9. The monoisotopic (exact) mass is 298 g/mol. The Morgan fingerprint density at radius 3 is 2.36 bits per heavy atom. The summed E-state index contributed by atoms with van der Waals surface area (Å²) in [5.74, 6) is -0.300. The van der Waals surface area contributed by atoms with Gasteiger partial charge in [0.2, 0.25) is 0 Å². The average molecular weight is 298 g/mol. The second-order valence-corrected chi connectivity index (χ2v) is 4.89. The van der Waals surface area contributed by atoms with Crippen LogP contribution >= 0.6 is 0 Å². The van der Waals surface area contributed by atoms with Gasteiger partial charge in [0.25, 0.3) is 11.6 Å². The minimum atomic E-state index is -0.516. The third-order valence-electron chi connectivity index (χ3n) is 3.51. The Balaban J connectivity index is 2.14. The number of nitrogens with zero attached hydrogens (tertiary/aromatic N) is 2. The fourth-order valence-electron chi connectivity index (χ4n) is 2.30. The van der Waals surface area contributed by atoms with Crippen LogP contribution in [0.15, 0.2) is 54.6 Å². The molecule has 0 atom stereocenters. The molecule has 0 aliphatic carbocycles. The summed E-state index contributed by atoms with van der Waals surface area (Å²) >= 11 is 0. The first-order valence-corrected chi connectivity index (χ1v) is 7.20. The molecule has 114 valence electrons. The first-order valence-electron chi connectivity index (χ1n) is 7.20. The van der Waals surface area contributed by atoms with Crippen LogP contribution < -0.4 is 0 Å². The van der Waals surface area contributed by atoms with Crippen LogP contribution in [0.5, 0.6) is 0 Å². The van der Waals surface area contributed by atoms with Crippen molar-refractivity contribution in [1.82, 2.24) is 4.90 Å². The van der Waals surface area contributed by atoms with Gasteiger partial charge in [0.05, 0.1) is 4.92 Å². The summed E-state index contributed by atoms with van der Waals surface area (Å²) in [5, 5.41) is 11.1. The van der Waals surface area contributed by atoms with Crippen molar-refractivity contribution < 1.29 is 9.72 Å². The number of amides is 1. The summed E-state index contributed by atoms with van der Waals surface area (Å²) in [6.45, 7) is 2.92. The third kappa shape index (κ3) is 3.69. The van der Waals surface area contributed by atoms with Gasteiger partial charge in [-0.3, -0.25) is 14.9 Å². The number of likely N-dealkylation sites (N-methyl/N-ethyl adjacent to an activating group) is 1. The molecule has 0 saturated heterocycles. The lowest BCUT2D eigenvalue weighted by Crippen LogP contribution is -2.33. The van der Waals surface area contributed by atoms with Crippen molar-refractivity contribution in [1.29, 1.82) is 0 Å². The fraction of sp³-hybridized carbons (Fsp3) is 0.235. The van der Waals surface area contributed by atoms with Gasteiger partial charge in [0.15, 0.2) is 0 Å². The van der Waals surface area contributed by atoms with E-state index in [4.69, 9.17) is 0 Å². The zero-order valence-corrected chi connectivity index (χ0v) is 12.4. The van der Waals surface area contributed by atoms with E-state index in [2.05, 4.69) is 0 Å². The second kappa shape index (κ2) is 7.36. The van der Waals surface area contributed by atoms with Crippen molar-refractivity contribution >= 4 is 11.6 Å². The van der Waals surface area contributed by atoms with Gasteiger partial charge in [-0.1, -0.05) is 42.5 Å². The number of benzene rings is 2. The van der Waals surface area contributed by atoms with Gasteiger partial charge < -0.3 is 4.90 Å². The fourth-order valence-corrected chi connectivity index (χ4v) is 2.30. The number of carbonyl (C=O) groups is 1. The average Bonchev–Trinajstić information content (AvgIpc) is 2.56. The maximum absolute atomic E-state index is 12.5. The van der Waals surface area contributed by atoms with E-state index in [-0.39, 0.29) is 17.2 Å². The normalized spacial score (nSPS) is 10.2. The molecule has 0 spiro atoms. The number of hydrogen-bond donors (Lipinski definition) is 0. The topological polar surface area (TPSA) is 63.5 Å². The second-order valence-electron chi connectivity index (χ2n) is 4.89. The Bertz CT molecular complexity index is 656. The Morgan fingerprint density at radius 2 is 1.73 bits per heavy atom. The highest BCUT2D eigenvalue weighted by molar-refractivity contribution is 5.98. The van der Waals surface area contributed by atoms with E-state index in [0.717, 1.165) is 12.0 Å². The highest BCUT2D eigenvalue weighted by Crippen LogP contribution is 2.19. The van der Waals surface area contributed by atoms with Gasteiger partial charge in [-0.05, 0) is 25.0 Å². The molecule has 1 amide bonds. The van der Waals surface area contributed by atoms with Crippen LogP contribution in [0, 0.1) is 10.1 Å². The smallest absolute Gasteiger partial charge is 0.282 e. The molecule has 0 aliphatic heterocycles. The van der Waals surface area contributed by atoms with E-state index in [1.165, 1.54) is 12.1 Å². The van der Waals surface area contributed by atoms with E-state index in [9.17, 15) is 14.9 Å². The Hall–Kier alpha value is -2.69. The molecule has 2 aromatic carbocycles. The van der Waals surface area contributed by atoms with Crippen LogP contribution in [0.2, 0.25) is 0 Å². The van der Waals surface area contributed by atoms with Crippen LogP contribution in [-0.4, -0.2) is 28.8 Å². The molecule has 0 aliphatic rings. The van der Waals surface area contributed by atoms with Crippen molar-refractivity contribution in [3.63, 3.8) is 0 Å². The predicted octanol–water partition coefficient (Wildman–Crippen LogP) is 3.30. The summed E-state index contributed by atoms with van der Waals surface area (Å²) in [7, 11) is 0. The van der Waals surface area contributed by atoms with Crippen LogP contribution in [0.25, 0.3) is 0 Å². The molecule has 0 saturated carbocycles. The predicted molar refractivity (Wildman–Crippen MR) is 84.8 cm³/mol. The standard InChI is InChI=1S/C17H18N2O3/c1-2-18(13-12-14-8-4-3-5-9-14)17(20)15-10-6-7-11-16(15)19(21)22/h3-11H,2,12-13H2,1H3. The summed E-state index contributed by atoms with van der Waals surface area (Å²) in [4.78, 5) is 24.7. The Morgan fingerprint density at radius 1 is 1.09 bits per heavy atom. The number of carbonyl (C=O) groups excluding carboxylic acids is 1. The number of rotatable bonds is 6. The van der Waals surface area contributed by atoms with Gasteiger partial charge in [-0.2, -0.15) is 0 Å². The number of para-hydroxylation sites is 1. The molecule has 5 nitrogen and oxygen atoms in total. The van der Waals surface area contributed by atoms with Crippen LogP contribution in [0.4, 0.5) is 5.69 Å². The Kier molecular flexibility index (Phi) is 5.25. The summed E-state index contributed by atoms with van der Waals surface area (Å²) in [6.07, 6.45) is 0.723. The summed E-state index contributed by atoms with van der Waals surface area (Å²) < 4.78 is 0. The maximum atomic E-state index is 12.5. The molecule has 0 unspecified atom stereocenters. The van der Waals surface area contributed by atoms with E-state index < -0.39 is 4.92 Å². The maximum Gasteiger partial charge on any atom is 0.282 e. The van der Waals surface area contributed by atoms with Gasteiger partial charge >= 0.3 is 0 Å². The molecule has 0 heterocycles. The van der Waals surface area contributed by atoms with Gasteiger partial charge in [0.1, 0.15) is 5.56 Å². The van der Waals surface area contributed by atoms with Crippen molar-refractivity contribution in [2.24, 2.45) is 0 Å². The molecular weight excluding hydrogens is 280 g/mol. The lowest BCUT2D eigenvalue weighted by Gasteiger charge is -2.21. The van der Waals surface area contributed by atoms with Crippen molar-refractivity contribution in [2.45, 2.75) is 13.3 Å². The molecule has 22 heavy (non-hydrogen) atoms. The summed E-state index contributed by atoms with van der Waals surface area (Å²) in [6, 6.07) is 15.9. The van der Waals surface area contributed by atoms with Gasteiger partial charge in [-0.15, -0.1) is 0 Å². The van der Waals surface area contributed by atoms with Crippen LogP contribution in [0.3, 0.4) is 0 Å². The van der Waals surface area contributed by atoms with Crippen molar-refractivity contribution in [2.75, 3.05) is 13.1 Å². The minimum Gasteiger partial charge on any atom is -0.338 e. The van der Waals surface area contributed by atoms with E-state index in [1.54, 1.807) is 17.0 Å². The summed E-state index contributed by atoms with van der Waals surface area (Å²) in [5.41, 5.74) is 1.13. The van der Waals surface area contributed by atoms with Gasteiger partial charge in [-0.25, -0.2) is 0 Å². The molecule has 0 aromatic heterocycles. The SMILES string of the molecule is CCN(CCc1ccccc1)C(=O)c1ccccc1[N+](=O)[O-]. The van der Waals surface area contributed by atoms with Crippen molar-refractivity contribution in [3.05, 3.63) is 75.8 Å². The molecule has 0 fully saturated rings. The number of hydrogen-bond acceptors (Lipinski definition) is 3.